The summed E-state index contributed by atoms with van der Waals surface area (Å²) in [5, 5.41) is 22.0. The first-order valence-electron chi connectivity index (χ1n) is 12.5. The summed E-state index contributed by atoms with van der Waals surface area (Å²) < 4.78 is 0. The quantitative estimate of drug-likeness (QED) is 0.295. The van der Waals surface area contributed by atoms with Gasteiger partial charge in [-0.05, 0) is 60.7 Å². The Morgan fingerprint density at radius 1 is 0.923 bits per heavy atom. The van der Waals surface area contributed by atoms with E-state index in [9.17, 15) is 24.8 Å². The monoisotopic (exact) mass is 534 g/mol. The van der Waals surface area contributed by atoms with Crippen molar-refractivity contribution >= 4 is 29.0 Å². The van der Waals surface area contributed by atoms with E-state index in [1.807, 2.05) is 36.6 Å². The molecule has 1 saturated heterocycles. The van der Waals surface area contributed by atoms with Crippen LogP contribution in [-0.2, 0) is 4.79 Å². The minimum Gasteiger partial charge on any atom is -0.479 e. The van der Waals surface area contributed by atoms with Gasteiger partial charge in [0.2, 0.25) is 0 Å². The molecular weight excluding hydrogens is 508 g/mol. The van der Waals surface area contributed by atoms with Crippen molar-refractivity contribution in [3.8, 4) is 6.07 Å². The molecule has 0 spiro atoms. The molecule has 1 aromatic heterocycles. The van der Waals surface area contributed by atoms with Crippen LogP contribution in [0.15, 0.2) is 96.4 Å². The van der Waals surface area contributed by atoms with E-state index in [1.165, 1.54) is 23.2 Å². The second-order valence-corrected chi connectivity index (χ2v) is 10.9. The number of amides is 1. The summed E-state index contributed by atoms with van der Waals surface area (Å²) in [4.78, 5) is 43.8. The van der Waals surface area contributed by atoms with Gasteiger partial charge >= 0.3 is 5.97 Å². The molecular formula is C32H26N2O4S. The first-order valence-corrected chi connectivity index (χ1v) is 13.4. The van der Waals surface area contributed by atoms with Crippen molar-refractivity contribution in [1.82, 2.24) is 4.90 Å². The molecule has 7 heteroatoms. The Kier molecular flexibility index (Phi) is 6.90. The molecule has 1 aliphatic rings. The lowest BCUT2D eigenvalue weighted by Crippen LogP contribution is -2.54. The number of hydrogen-bond donors (Lipinski definition) is 1. The third-order valence-corrected chi connectivity index (χ3v) is 8.49. The molecule has 4 atom stereocenters. The third kappa shape index (κ3) is 4.43. The van der Waals surface area contributed by atoms with Crippen LogP contribution in [0.25, 0.3) is 0 Å². The predicted molar refractivity (Wildman–Crippen MR) is 149 cm³/mol. The molecule has 1 N–H and O–H groups in total. The van der Waals surface area contributed by atoms with E-state index in [0.29, 0.717) is 27.1 Å². The lowest BCUT2D eigenvalue weighted by Gasteiger charge is -2.38. The Balaban J connectivity index is 1.83. The molecule has 5 rings (SSSR count). The molecule has 0 radical (unpaired) electrons. The van der Waals surface area contributed by atoms with Gasteiger partial charge in [-0.15, -0.1) is 11.3 Å². The topological polar surface area (TPSA) is 98.5 Å². The second kappa shape index (κ2) is 10.3. The molecule has 0 aliphatic carbocycles. The lowest BCUT2D eigenvalue weighted by atomic mass is 9.72. The van der Waals surface area contributed by atoms with Crippen LogP contribution in [0, 0.1) is 24.2 Å². The van der Waals surface area contributed by atoms with E-state index in [4.69, 9.17) is 0 Å². The molecule has 3 aromatic carbocycles. The fourth-order valence-electron chi connectivity index (χ4n) is 5.81. The Labute approximate surface area is 230 Å². The summed E-state index contributed by atoms with van der Waals surface area (Å²) in [6.07, 6.45) is 0. The first kappa shape index (κ1) is 26.1. The van der Waals surface area contributed by atoms with Crippen molar-refractivity contribution in [2.24, 2.45) is 5.92 Å². The average molecular weight is 535 g/mol. The number of carboxylic acid groups (broad SMARTS) is 1. The zero-order chi connectivity index (χ0) is 27.7. The summed E-state index contributed by atoms with van der Waals surface area (Å²) in [5.74, 6) is -3.68. The van der Waals surface area contributed by atoms with Gasteiger partial charge in [-0.2, -0.15) is 5.26 Å². The van der Waals surface area contributed by atoms with Crippen LogP contribution in [0.1, 0.15) is 61.2 Å². The number of likely N-dealkylation sites (tertiary alicyclic amines) is 1. The average Bonchev–Trinajstić information content (AvgIpc) is 3.58. The Morgan fingerprint density at radius 3 is 2.23 bits per heavy atom. The van der Waals surface area contributed by atoms with Crippen LogP contribution in [0.2, 0.25) is 0 Å². The summed E-state index contributed by atoms with van der Waals surface area (Å²) in [5.41, 5.74) is 1.17. The number of thiophene rings is 1. The molecule has 0 bridgehead atoms. The number of Topliss-reactive ketones (excluding diaryl/α,β-unsaturated/α-hetero) is 1. The zero-order valence-electron chi connectivity index (χ0n) is 21.4. The smallest absolute Gasteiger partial charge is 0.330 e. The highest BCUT2D eigenvalue weighted by Crippen LogP contribution is 2.57. The first-order chi connectivity index (χ1) is 18.8. The van der Waals surface area contributed by atoms with Gasteiger partial charge in [0.05, 0.1) is 28.5 Å². The van der Waals surface area contributed by atoms with E-state index in [2.05, 4.69) is 6.07 Å². The Bertz CT molecular complexity index is 1570. The minimum absolute atomic E-state index is 0.221. The number of carbonyl (C=O) groups excluding carboxylic acids is 2. The summed E-state index contributed by atoms with van der Waals surface area (Å²) in [7, 11) is 0. The predicted octanol–water partition coefficient (Wildman–Crippen LogP) is 6.25. The van der Waals surface area contributed by atoms with Crippen LogP contribution in [0.4, 0.5) is 0 Å². The molecule has 1 fully saturated rings. The number of nitrogens with zero attached hydrogens (tertiary/aromatic N) is 2. The number of carbonyl (C=O) groups is 3. The van der Waals surface area contributed by atoms with Crippen molar-refractivity contribution in [3.05, 3.63) is 129 Å². The number of nitriles is 1. The van der Waals surface area contributed by atoms with Crippen molar-refractivity contribution in [1.29, 1.82) is 5.26 Å². The molecule has 0 saturated carbocycles. The van der Waals surface area contributed by atoms with E-state index in [-0.39, 0.29) is 5.78 Å². The largest absolute Gasteiger partial charge is 0.479 e. The summed E-state index contributed by atoms with van der Waals surface area (Å²) in [6, 6.07) is 27.5. The van der Waals surface area contributed by atoms with Gasteiger partial charge in [-0.25, -0.2) is 4.79 Å². The second-order valence-electron chi connectivity index (χ2n) is 9.93. The number of hydrogen-bond acceptors (Lipinski definition) is 5. The van der Waals surface area contributed by atoms with Gasteiger partial charge in [0.15, 0.2) is 5.78 Å². The maximum absolute atomic E-state index is 14.3. The highest BCUT2D eigenvalue weighted by Gasteiger charge is 2.65. The van der Waals surface area contributed by atoms with Gasteiger partial charge in [0, 0.05) is 11.5 Å². The Hall–Kier alpha value is -4.54. The fraction of sp³-hybridized carbons (Fsp3) is 0.188. The highest BCUT2D eigenvalue weighted by molar-refractivity contribution is 7.12. The molecule has 6 nitrogen and oxygen atoms in total. The molecule has 1 aliphatic heterocycles. The van der Waals surface area contributed by atoms with Crippen LogP contribution in [0.5, 0.6) is 0 Å². The van der Waals surface area contributed by atoms with Crippen LogP contribution in [0.3, 0.4) is 0 Å². The highest BCUT2D eigenvalue weighted by atomic mass is 32.1. The van der Waals surface area contributed by atoms with Gasteiger partial charge < -0.3 is 10.0 Å². The van der Waals surface area contributed by atoms with E-state index in [1.54, 1.807) is 66.7 Å². The normalized spacial score (nSPS) is 22.3. The lowest BCUT2D eigenvalue weighted by molar-refractivity contribution is -0.148. The molecule has 1 amide bonds. The number of aryl methyl sites for hydroxylation is 1. The number of rotatable bonds is 6. The SMILES string of the molecule is Cc1cccc(C2C(C(=O)c3cccs3)C(c3ccc(C#N)cc3)C(C)(C(=O)O)N2C(=O)c2ccccc2)c1. The molecule has 2 heterocycles. The summed E-state index contributed by atoms with van der Waals surface area (Å²) in [6.45, 7) is 3.45. The maximum Gasteiger partial charge on any atom is 0.330 e. The number of ketones is 1. The standard InChI is InChI=1S/C32H26N2O4S/c1-20-8-6-11-24(18-20)28-26(29(35)25-12-7-17-39-25)27(22-15-13-21(19-33)14-16-22)32(2,31(37)38)34(28)30(36)23-9-4-3-5-10-23/h3-18,26-28H,1-2H3,(H,37,38). The van der Waals surface area contributed by atoms with Gasteiger partial charge in [-0.3, -0.25) is 9.59 Å². The van der Waals surface area contributed by atoms with E-state index < -0.39 is 35.3 Å². The molecule has 39 heavy (non-hydrogen) atoms. The zero-order valence-corrected chi connectivity index (χ0v) is 22.3. The maximum atomic E-state index is 14.3. The number of aliphatic carboxylic acids is 1. The van der Waals surface area contributed by atoms with Gasteiger partial charge in [-0.1, -0.05) is 66.2 Å². The van der Waals surface area contributed by atoms with Crippen molar-refractivity contribution < 1.29 is 19.5 Å². The van der Waals surface area contributed by atoms with E-state index in [0.717, 1.165) is 5.56 Å². The van der Waals surface area contributed by atoms with Crippen molar-refractivity contribution in [3.63, 3.8) is 0 Å². The van der Waals surface area contributed by atoms with Crippen molar-refractivity contribution in [2.75, 3.05) is 0 Å². The van der Waals surface area contributed by atoms with Gasteiger partial charge in [0.25, 0.3) is 5.91 Å². The van der Waals surface area contributed by atoms with Gasteiger partial charge in [0.1, 0.15) is 5.54 Å². The van der Waals surface area contributed by atoms with Crippen LogP contribution in [-0.4, -0.2) is 33.2 Å². The number of benzene rings is 3. The van der Waals surface area contributed by atoms with Crippen molar-refractivity contribution in [2.45, 2.75) is 31.3 Å². The van der Waals surface area contributed by atoms with E-state index >= 15 is 0 Å². The molecule has 194 valence electrons. The van der Waals surface area contributed by atoms with Crippen LogP contribution < -0.4 is 0 Å². The molecule has 4 aromatic rings. The third-order valence-electron chi connectivity index (χ3n) is 7.61. The fourth-order valence-corrected chi connectivity index (χ4v) is 6.52. The molecule has 4 unspecified atom stereocenters. The Morgan fingerprint density at radius 2 is 1.64 bits per heavy atom. The van der Waals surface area contributed by atoms with Crippen LogP contribution >= 0.6 is 11.3 Å². The number of carboxylic acids is 1. The minimum atomic E-state index is -1.78. The summed E-state index contributed by atoms with van der Waals surface area (Å²) >= 11 is 1.29.